The van der Waals surface area contributed by atoms with Crippen molar-refractivity contribution in [1.29, 1.82) is 0 Å². The van der Waals surface area contributed by atoms with Gasteiger partial charge in [0.05, 0.1) is 0 Å². The fourth-order valence-corrected chi connectivity index (χ4v) is 6.05. The minimum Gasteiger partial charge on any atom is -0.0683 e. The highest BCUT2D eigenvalue weighted by Gasteiger charge is 2.01. The van der Waals surface area contributed by atoms with Crippen LogP contribution in [0.25, 0.3) is 55.6 Å². The van der Waals surface area contributed by atoms with Gasteiger partial charge in [-0.2, -0.15) is 0 Å². The van der Waals surface area contributed by atoms with Crippen LogP contribution in [0.2, 0.25) is 0 Å². The Hall–Kier alpha value is -7.02. The van der Waals surface area contributed by atoms with E-state index in [1.54, 1.807) is 0 Å². The predicted octanol–water partition coefficient (Wildman–Crippen LogP) is 22.6. The Labute approximate surface area is 423 Å². The summed E-state index contributed by atoms with van der Waals surface area (Å²) in [5.41, 5.74) is 14.0. The minimum atomic E-state index is 1.26. The van der Waals surface area contributed by atoms with E-state index in [2.05, 4.69) is 213 Å². The fourth-order valence-electron chi connectivity index (χ4n) is 6.05. The van der Waals surface area contributed by atoms with Gasteiger partial charge in [0.1, 0.15) is 0 Å². The quantitative estimate of drug-likeness (QED) is 0.161. The van der Waals surface area contributed by atoms with Crippen molar-refractivity contribution >= 4 is 0 Å². The summed E-state index contributed by atoms with van der Waals surface area (Å²) in [5, 5.41) is 0. The van der Waals surface area contributed by atoms with Crippen molar-refractivity contribution in [3.63, 3.8) is 0 Å². The number of hydrogen-bond donors (Lipinski definition) is 0. The lowest BCUT2D eigenvalue weighted by molar-refractivity contribution is 1.48. The summed E-state index contributed by atoms with van der Waals surface area (Å²) in [6, 6.07) is 90.3. The number of benzene rings is 9. The van der Waals surface area contributed by atoms with Gasteiger partial charge in [-0.1, -0.05) is 357 Å². The third-order valence-electron chi connectivity index (χ3n) is 9.00. The molecule has 9 aromatic carbocycles. The third-order valence-corrected chi connectivity index (χ3v) is 9.00. The Balaban J connectivity index is 0. The van der Waals surface area contributed by atoms with E-state index in [1.165, 1.54) is 61.2 Å². The SMILES string of the molecule is CC.CC.CC.CC.CC.CC.CC.Cc1ccccc1.c1ccc(-c2ccc(-c3ccccc3)cc2)cc1.c1ccc(-c2cccc(-c3ccccc3)c2)cc1.c1ccc(-c2ccccc2)cc1. The first-order valence-corrected chi connectivity index (χ1v) is 25.8. The van der Waals surface area contributed by atoms with E-state index in [0.717, 1.165) is 0 Å². The van der Waals surface area contributed by atoms with Gasteiger partial charge in [-0.05, 0) is 68.6 Å². The summed E-state index contributed by atoms with van der Waals surface area (Å²) in [5.74, 6) is 0. The summed E-state index contributed by atoms with van der Waals surface area (Å²) in [7, 11) is 0. The average molecular weight is 917 g/mol. The lowest BCUT2D eigenvalue weighted by Gasteiger charge is -2.05. The molecule has 0 radical (unpaired) electrons. The highest BCUT2D eigenvalue weighted by atomic mass is 14.1. The predicted molar refractivity (Wildman–Crippen MR) is 317 cm³/mol. The van der Waals surface area contributed by atoms with E-state index in [4.69, 9.17) is 0 Å². The molecule has 0 aliphatic rings. The van der Waals surface area contributed by atoms with Crippen LogP contribution < -0.4 is 0 Å². The van der Waals surface area contributed by atoms with Crippen molar-refractivity contribution in [2.45, 2.75) is 104 Å². The summed E-state index contributed by atoms with van der Waals surface area (Å²) in [6.45, 7) is 30.1. The molecule has 0 amide bonds. The Morgan fingerprint density at radius 1 is 0.145 bits per heavy atom. The van der Waals surface area contributed by atoms with Crippen LogP contribution in [-0.2, 0) is 0 Å². The summed E-state index contributed by atoms with van der Waals surface area (Å²) in [6.07, 6.45) is 0. The number of hydrogen-bond acceptors (Lipinski definition) is 0. The monoisotopic (exact) mass is 917 g/mol. The minimum absolute atomic E-state index is 1.26. The Bertz CT molecular complexity index is 2200. The molecule has 9 aromatic rings. The molecule has 0 bridgehead atoms. The van der Waals surface area contributed by atoms with Gasteiger partial charge in [0.2, 0.25) is 0 Å². The molecule has 0 heteroatoms. The van der Waals surface area contributed by atoms with Crippen LogP contribution in [0.3, 0.4) is 0 Å². The fraction of sp³-hybridized carbons (Fsp3) is 0.217. The van der Waals surface area contributed by atoms with Crippen LogP contribution in [-0.4, -0.2) is 0 Å². The lowest BCUT2D eigenvalue weighted by atomic mass is 9.99. The first-order valence-electron chi connectivity index (χ1n) is 25.8. The van der Waals surface area contributed by atoms with Crippen LogP contribution in [0.15, 0.2) is 261 Å². The van der Waals surface area contributed by atoms with Crippen molar-refractivity contribution in [3.05, 3.63) is 266 Å². The van der Waals surface area contributed by atoms with Gasteiger partial charge in [-0.15, -0.1) is 0 Å². The Morgan fingerprint density at radius 2 is 0.290 bits per heavy atom. The van der Waals surface area contributed by atoms with Gasteiger partial charge in [0.25, 0.3) is 0 Å². The molecule has 0 saturated carbocycles. The zero-order chi connectivity index (χ0) is 51.8. The summed E-state index contributed by atoms with van der Waals surface area (Å²) >= 11 is 0. The van der Waals surface area contributed by atoms with Crippen molar-refractivity contribution in [3.8, 4) is 55.6 Å². The van der Waals surface area contributed by atoms with E-state index in [-0.39, 0.29) is 0 Å². The maximum Gasteiger partial charge on any atom is -0.0178 e. The van der Waals surface area contributed by atoms with Gasteiger partial charge in [0.15, 0.2) is 0 Å². The highest BCUT2D eigenvalue weighted by Crippen LogP contribution is 2.27. The average Bonchev–Trinajstić information content (AvgIpc) is 3.49. The highest BCUT2D eigenvalue weighted by molar-refractivity contribution is 5.73. The third kappa shape index (κ3) is 26.8. The molecule has 0 unspecified atom stereocenters. The van der Waals surface area contributed by atoms with Gasteiger partial charge < -0.3 is 0 Å². The molecule has 0 saturated heterocycles. The molecule has 0 spiro atoms. The molecular weight excluding hydrogens is 829 g/mol. The molecule has 0 aromatic heterocycles. The molecule has 0 fully saturated rings. The Morgan fingerprint density at radius 3 is 0.464 bits per heavy atom. The normalized spacial score (nSPS) is 8.51. The molecule has 0 nitrogen and oxygen atoms in total. The van der Waals surface area contributed by atoms with Crippen LogP contribution in [0.5, 0.6) is 0 Å². The molecule has 0 aliphatic heterocycles. The summed E-state index contributed by atoms with van der Waals surface area (Å²) < 4.78 is 0. The second-order valence-electron chi connectivity index (χ2n) is 13.0. The molecule has 0 atom stereocenters. The maximum absolute atomic E-state index is 2.24. The van der Waals surface area contributed by atoms with Gasteiger partial charge in [-0.25, -0.2) is 0 Å². The number of rotatable bonds is 5. The molecule has 69 heavy (non-hydrogen) atoms. The smallest absolute Gasteiger partial charge is 0.0178 e. The maximum atomic E-state index is 2.24. The van der Waals surface area contributed by atoms with Crippen molar-refractivity contribution in [2.75, 3.05) is 0 Å². The second kappa shape index (κ2) is 46.1. The number of aryl methyl sites for hydroxylation is 1. The van der Waals surface area contributed by atoms with Gasteiger partial charge in [-0.3, -0.25) is 0 Å². The van der Waals surface area contributed by atoms with Gasteiger partial charge in [0, 0.05) is 0 Å². The van der Waals surface area contributed by atoms with E-state index < -0.39 is 0 Å². The van der Waals surface area contributed by atoms with E-state index in [9.17, 15) is 0 Å². The second-order valence-corrected chi connectivity index (χ2v) is 13.0. The van der Waals surface area contributed by atoms with E-state index >= 15 is 0 Å². The molecule has 0 heterocycles. The Kier molecular flexibility index (Phi) is 42.8. The zero-order valence-electron chi connectivity index (χ0n) is 45.3. The molecule has 0 N–H and O–H groups in total. The molecule has 364 valence electrons. The topological polar surface area (TPSA) is 0 Å². The van der Waals surface area contributed by atoms with Gasteiger partial charge >= 0.3 is 0 Å². The molecular formula is C69H88. The van der Waals surface area contributed by atoms with E-state index in [0.29, 0.717) is 0 Å². The summed E-state index contributed by atoms with van der Waals surface area (Å²) in [4.78, 5) is 0. The standard InChI is InChI=1S/2C18H14.C12H10.C7H8.7C2H6/c1-3-8-15(9-4-1)17-12-7-13-18(14-17)16-10-5-2-6-11-16;1-3-7-15(8-4-1)17-11-13-18(14-12-17)16-9-5-2-6-10-16;1-3-7-11(8-4-1)12-9-5-2-6-10-12;1-7-5-3-2-4-6-7;7*1-2/h2*1-14H;1-10H;2-6H,1H3;7*1-2H3. The molecule has 0 aliphatic carbocycles. The van der Waals surface area contributed by atoms with Crippen LogP contribution in [0.1, 0.15) is 102 Å². The van der Waals surface area contributed by atoms with Crippen molar-refractivity contribution in [1.82, 2.24) is 0 Å². The van der Waals surface area contributed by atoms with E-state index in [1.807, 2.05) is 152 Å². The zero-order valence-corrected chi connectivity index (χ0v) is 45.3. The first-order chi connectivity index (χ1) is 34.2. The van der Waals surface area contributed by atoms with Crippen LogP contribution in [0.4, 0.5) is 0 Å². The van der Waals surface area contributed by atoms with Crippen molar-refractivity contribution < 1.29 is 0 Å². The largest absolute Gasteiger partial charge is 0.0683 e. The lowest BCUT2D eigenvalue weighted by Crippen LogP contribution is -1.80. The first kappa shape index (κ1) is 64.1. The van der Waals surface area contributed by atoms with Crippen molar-refractivity contribution in [2.24, 2.45) is 0 Å². The van der Waals surface area contributed by atoms with Crippen LogP contribution >= 0.6 is 0 Å². The molecule has 9 rings (SSSR count). The van der Waals surface area contributed by atoms with Crippen LogP contribution in [0, 0.1) is 6.92 Å².